The van der Waals surface area contributed by atoms with Gasteiger partial charge in [0, 0.05) is 33.6 Å². The maximum absolute atomic E-state index is 12.3. The van der Waals surface area contributed by atoms with E-state index in [1.807, 2.05) is 0 Å². The van der Waals surface area contributed by atoms with Crippen LogP contribution in [0.2, 0.25) is 0 Å². The van der Waals surface area contributed by atoms with Crippen LogP contribution < -0.4 is 5.56 Å². The zero-order valence-corrected chi connectivity index (χ0v) is 13.7. The fourth-order valence-corrected chi connectivity index (χ4v) is 2.22. The minimum Gasteiger partial charge on any atom is -0.347 e. The molecular formula is C16H20N4O3. The van der Waals surface area contributed by atoms with Crippen LogP contribution in [0.15, 0.2) is 29.1 Å². The van der Waals surface area contributed by atoms with Crippen LogP contribution >= 0.6 is 0 Å². The number of aryl methyl sites for hydroxylation is 1. The van der Waals surface area contributed by atoms with Gasteiger partial charge in [-0.1, -0.05) is 18.2 Å². The molecule has 0 bridgehead atoms. The number of hydrogen-bond acceptors (Lipinski definition) is 4. The lowest BCUT2D eigenvalue weighted by Gasteiger charge is -2.19. The molecule has 0 radical (unpaired) electrons. The number of carbonyl (C=O) groups excluding carboxylic acids is 2. The highest BCUT2D eigenvalue weighted by atomic mass is 16.2. The third kappa shape index (κ3) is 3.56. The fourth-order valence-electron chi connectivity index (χ4n) is 2.22. The van der Waals surface area contributed by atoms with Crippen LogP contribution in [-0.2, 0) is 23.1 Å². The van der Waals surface area contributed by atoms with Gasteiger partial charge < -0.3 is 9.80 Å². The number of nitrogens with zero attached hydrogens (tertiary/aromatic N) is 4. The van der Waals surface area contributed by atoms with Gasteiger partial charge in [0.15, 0.2) is 0 Å². The van der Waals surface area contributed by atoms with Crippen LogP contribution in [0.1, 0.15) is 5.69 Å². The largest absolute Gasteiger partial charge is 0.347 e. The van der Waals surface area contributed by atoms with Gasteiger partial charge in [-0.2, -0.15) is 5.10 Å². The second-order valence-corrected chi connectivity index (χ2v) is 5.64. The maximum Gasteiger partial charge on any atom is 0.274 e. The van der Waals surface area contributed by atoms with Crippen molar-refractivity contribution in [3.05, 3.63) is 40.3 Å². The minimum absolute atomic E-state index is 0.00945. The van der Waals surface area contributed by atoms with Crippen molar-refractivity contribution in [2.75, 3.05) is 27.7 Å². The molecule has 0 N–H and O–H groups in total. The maximum atomic E-state index is 12.3. The summed E-state index contributed by atoms with van der Waals surface area (Å²) in [6.45, 7) is 0.00945. The Hall–Kier alpha value is -2.70. The molecule has 1 heterocycles. The summed E-state index contributed by atoms with van der Waals surface area (Å²) < 4.78 is 1.23. The van der Waals surface area contributed by atoms with Gasteiger partial charge in [0.05, 0.1) is 24.0 Å². The van der Waals surface area contributed by atoms with Gasteiger partial charge >= 0.3 is 0 Å². The van der Waals surface area contributed by atoms with Gasteiger partial charge in [-0.05, 0) is 6.07 Å². The lowest BCUT2D eigenvalue weighted by atomic mass is 10.1. The van der Waals surface area contributed by atoms with Crippen LogP contribution in [-0.4, -0.2) is 59.1 Å². The molecule has 2 rings (SSSR count). The van der Waals surface area contributed by atoms with Crippen LogP contribution in [0.5, 0.6) is 0 Å². The number of aromatic nitrogens is 2. The highest BCUT2D eigenvalue weighted by Crippen LogP contribution is 2.14. The van der Waals surface area contributed by atoms with Crippen molar-refractivity contribution in [3.8, 4) is 0 Å². The lowest BCUT2D eigenvalue weighted by Crippen LogP contribution is -2.38. The molecule has 2 amide bonds. The van der Waals surface area contributed by atoms with Crippen molar-refractivity contribution in [2.24, 2.45) is 7.05 Å². The Labute approximate surface area is 134 Å². The standard InChI is InChI=1S/C16H20N4O3/c1-18(2)15(22)10-19(3)14(21)9-13-11-7-5-6-8-12(11)16(23)20(4)17-13/h5-8H,9-10H2,1-4H3. The van der Waals surface area contributed by atoms with Gasteiger partial charge in [0.25, 0.3) is 5.56 Å². The molecule has 1 aromatic heterocycles. The van der Waals surface area contributed by atoms with E-state index in [-0.39, 0.29) is 30.3 Å². The first-order valence-corrected chi connectivity index (χ1v) is 7.20. The predicted molar refractivity (Wildman–Crippen MR) is 87.0 cm³/mol. The van der Waals surface area contributed by atoms with Crippen molar-refractivity contribution in [1.29, 1.82) is 0 Å². The van der Waals surface area contributed by atoms with Crippen LogP contribution in [0.4, 0.5) is 0 Å². The van der Waals surface area contributed by atoms with E-state index in [2.05, 4.69) is 5.10 Å². The summed E-state index contributed by atoms with van der Waals surface area (Å²) in [6, 6.07) is 7.07. The fraction of sp³-hybridized carbons (Fsp3) is 0.375. The topological polar surface area (TPSA) is 75.5 Å². The van der Waals surface area contributed by atoms with Gasteiger partial charge in [0.1, 0.15) is 0 Å². The Morgan fingerprint density at radius 3 is 2.30 bits per heavy atom. The normalized spacial score (nSPS) is 10.6. The quantitative estimate of drug-likeness (QED) is 0.797. The first-order chi connectivity index (χ1) is 10.8. The number of benzene rings is 1. The average molecular weight is 316 g/mol. The van der Waals surface area contributed by atoms with Crippen molar-refractivity contribution in [3.63, 3.8) is 0 Å². The molecule has 122 valence electrons. The second kappa shape index (κ2) is 6.60. The summed E-state index contributed by atoms with van der Waals surface area (Å²) in [5.41, 5.74) is 0.324. The number of rotatable bonds is 4. The molecule has 0 aliphatic heterocycles. The van der Waals surface area contributed by atoms with E-state index >= 15 is 0 Å². The number of hydrogen-bond donors (Lipinski definition) is 0. The molecule has 7 nitrogen and oxygen atoms in total. The van der Waals surface area contributed by atoms with Crippen LogP contribution in [0, 0.1) is 0 Å². The van der Waals surface area contributed by atoms with Crippen molar-refractivity contribution >= 4 is 22.6 Å². The molecule has 0 aliphatic rings. The third-order valence-corrected chi connectivity index (χ3v) is 3.65. The van der Waals surface area contributed by atoms with E-state index in [0.717, 1.165) is 0 Å². The molecule has 1 aromatic carbocycles. The molecule has 0 spiro atoms. The molecule has 23 heavy (non-hydrogen) atoms. The van der Waals surface area contributed by atoms with E-state index in [0.29, 0.717) is 16.5 Å². The Morgan fingerprint density at radius 1 is 1.09 bits per heavy atom. The summed E-state index contributed by atoms with van der Waals surface area (Å²) in [6.07, 6.45) is 0.0336. The van der Waals surface area contributed by atoms with Crippen molar-refractivity contribution in [1.82, 2.24) is 19.6 Å². The van der Waals surface area contributed by atoms with Crippen molar-refractivity contribution < 1.29 is 9.59 Å². The monoisotopic (exact) mass is 316 g/mol. The van der Waals surface area contributed by atoms with Crippen LogP contribution in [0.3, 0.4) is 0 Å². The van der Waals surface area contributed by atoms with E-state index in [9.17, 15) is 14.4 Å². The van der Waals surface area contributed by atoms with Crippen molar-refractivity contribution in [2.45, 2.75) is 6.42 Å². The Kier molecular flexibility index (Phi) is 4.78. The predicted octanol–water partition coefficient (Wildman–Crippen LogP) is 0.0226. The molecule has 0 saturated carbocycles. The Balaban J connectivity index is 2.28. The molecular weight excluding hydrogens is 296 g/mol. The van der Waals surface area contributed by atoms with Gasteiger partial charge in [0.2, 0.25) is 11.8 Å². The average Bonchev–Trinajstić information content (AvgIpc) is 2.52. The number of fused-ring (bicyclic) bond motifs is 1. The van der Waals surface area contributed by atoms with Gasteiger partial charge in [-0.3, -0.25) is 14.4 Å². The molecule has 0 unspecified atom stereocenters. The molecule has 0 fully saturated rings. The number of likely N-dealkylation sites (N-methyl/N-ethyl adjacent to an activating group) is 2. The van der Waals surface area contributed by atoms with Crippen LogP contribution in [0.25, 0.3) is 10.8 Å². The zero-order chi connectivity index (χ0) is 17.1. The third-order valence-electron chi connectivity index (χ3n) is 3.65. The van der Waals surface area contributed by atoms with Gasteiger partial charge in [-0.15, -0.1) is 0 Å². The van der Waals surface area contributed by atoms with Gasteiger partial charge in [-0.25, -0.2) is 4.68 Å². The van der Waals surface area contributed by atoms with E-state index < -0.39 is 0 Å². The molecule has 0 aliphatic carbocycles. The summed E-state index contributed by atoms with van der Waals surface area (Å²) in [5.74, 6) is -0.379. The summed E-state index contributed by atoms with van der Waals surface area (Å²) in [4.78, 5) is 38.9. The number of carbonyl (C=O) groups is 2. The van der Waals surface area contributed by atoms with E-state index in [4.69, 9.17) is 0 Å². The summed E-state index contributed by atoms with van der Waals surface area (Å²) >= 11 is 0. The number of amides is 2. The summed E-state index contributed by atoms with van der Waals surface area (Å²) in [5, 5.41) is 5.39. The molecule has 2 aromatic rings. The molecule has 0 saturated heterocycles. The lowest BCUT2D eigenvalue weighted by molar-refractivity contribution is -0.137. The summed E-state index contributed by atoms with van der Waals surface area (Å²) in [7, 11) is 6.42. The zero-order valence-electron chi connectivity index (χ0n) is 13.7. The first-order valence-electron chi connectivity index (χ1n) is 7.20. The first kappa shape index (κ1) is 16.7. The Bertz CT molecular complexity index is 811. The molecule has 7 heteroatoms. The highest BCUT2D eigenvalue weighted by Gasteiger charge is 2.17. The Morgan fingerprint density at radius 2 is 1.70 bits per heavy atom. The van der Waals surface area contributed by atoms with E-state index in [1.165, 1.54) is 14.5 Å². The highest BCUT2D eigenvalue weighted by molar-refractivity contribution is 5.90. The smallest absolute Gasteiger partial charge is 0.274 e. The van der Waals surface area contributed by atoms with E-state index in [1.54, 1.807) is 52.5 Å². The second-order valence-electron chi connectivity index (χ2n) is 5.64. The SMILES string of the molecule is CN(C)C(=O)CN(C)C(=O)Cc1nn(C)c(=O)c2ccccc12. The minimum atomic E-state index is -0.225. The molecule has 0 atom stereocenters.